The third-order valence-electron chi connectivity index (χ3n) is 4.20. The number of amides is 2. The molecular formula is C12H19N3O2. The Morgan fingerprint density at radius 3 is 2.59 bits per heavy atom. The van der Waals surface area contributed by atoms with E-state index in [4.69, 9.17) is 0 Å². The van der Waals surface area contributed by atoms with Gasteiger partial charge < -0.3 is 5.32 Å². The van der Waals surface area contributed by atoms with Gasteiger partial charge in [0.15, 0.2) is 0 Å². The monoisotopic (exact) mass is 237 g/mol. The first-order valence-corrected chi connectivity index (χ1v) is 6.50. The topological polar surface area (TPSA) is 52.7 Å². The van der Waals surface area contributed by atoms with Crippen molar-refractivity contribution in [3.63, 3.8) is 0 Å². The summed E-state index contributed by atoms with van der Waals surface area (Å²) in [6, 6.07) is 0. The lowest BCUT2D eigenvalue weighted by atomic mass is 10.0. The van der Waals surface area contributed by atoms with E-state index in [1.807, 2.05) is 0 Å². The highest BCUT2D eigenvalue weighted by Crippen LogP contribution is 2.26. The Kier molecular flexibility index (Phi) is 2.88. The number of hydrogen-bond acceptors (Lipinski definition) is 4. The van der Waals surface area contributed by atoms with E-state index in [9.17, 15) is 9.59 Å². The fraction of sp³-hybridized carbons (Fsp3) is 0.833. The number of imide groups is 1. The molecule has 1 N–H and O–H groups in total. The zero-order valence-electron chi connectivity index (χ0n) is 10.0. The lowest BCUT2D eigenvalue weighted by molar-refractivity contribution is -0.142. The lowest BCUT2D eigenvalue weighted by Gasteiger charge is -2.20. The van der Waals surface area contributed by atoms with Gasteiger partial charge in [0.1, 0.15) is 0 Å². The Hall–Kier alpha value is -0.940. The van der Waals surface area contributed by atoms with Gasteiger partial charge in [0, 0.05) is 26.1 Å². The lowest BCUT2D eigenvalue weighted by Crippen LogP contribution is -2.41. The van der Waals surface area contributed by atoms with Gasteiger partial charge >= 0.3 is 0 Å². The highest BCUT2D eigenvalue weighted by atomic mass is 16.2. The summed E-state index contributed by atoms with van der Waals surface area (Å²) in [5.74, 6) is 1.42. The van der Waals surface area contributed by atoms with Gasteiger partial charge in [-0.3, -0.25) is 19.4 Å². The molecule has 3 aliphatic heterocycles. The van der Waals surface area contributed by atoms with E-state index in [0.29, 0.717) is 31.3 Å². The summed E-state index contributed by atoms with van der Waals surface area (Å²) in [5.41, 5.74) is 0. The Morgan fingerprint density at radius 2 is 2.00 bits per heavy atom. The molecular weight excluding hydrogens is 218 g/mol. The number of nitrogens with one attached hydrogen (secondary N) is 1. The molecule has 5 heteroatoms. The predicted molar refractivity (Wildman–Crippen MR) is 62.2 cm³/mol. The van der Waals surface area contributed by atoms with Crippen molar-refractivity contribution in [1.82, 2.24) is 15.1 Å². The molecule has 3 aliphatic rings. The predicted octanol–water partition coefficient (Wildman–Crippen LogP) is -0.713. The van der Waals surface area contributed by atoms with Crippen molar-refractivity contribution in [3.05, 3.63) is 0 Å². The molecule has 3 rings (SSSR count). The van der Waals surface area contributed by atoms with Crippen LogP contribution in [0.5, 0.6) is 0 Å². The molecule has 3 saturated heterocycles. The molecule has 0 aliphatic carbocycles. The van der Waals surface area contributed by atoms with Crippen LogP contribution in [0, 0.1) is 11.8 Å². The van der Waals surface area contributed by atoms with Crippen LogP contribution in [0.25, 0.3) is 0 Å². The highest BCUT2D eigenvalue weighted by Gasteiger charge is 2.37. The fourth-order valence-electron chi connectivity index (χ4n) is 3.27. The molecule has 0 bridgehead atoms. The molecule has 5 nitrogen and oxygen atoms in total. The molecule has 0 aromatic carbocycles. The van der Waals surface area contributed by atoms with Gasteiger partial charge in [0.2, 0.25) is 11.8 Å². The zero-order chi connectivity index (χ0) is 11.8. The second kappa shape index (κ2) is 4.38. The van der Waals surface area contributed by atoms with Crippen LogP contribution in [0.2, 0.25) is 0 Å². The maximum atomic E-state index is 12.0. The molecule has 3 fully saturated rings. The Balaban J connectivity index is 1.54. The summed E-state index contributed by atoms with van der Waals surface area (Å²) >= 11 is 0. The van der Waals surface area contributed by atoms with Gasteiger partial charge in [-0.2, -0.15) is 0 Å². The summed E-state index contributed by atoms with van der Waals surface area (Å²) in [6.07, 6.45) is 1.38. The Labute approximate surface area is 101 Å². The van der Waals surface area contributed by atoms with E-state index in [1.54, 1.807) is 0 Å². The Bertz CT molecular complexity index is 333. The first-order chi connectivity index (χ1) is 8.24. The largest absolute Gasteiger partial charge is 0.316 e. The number of hydrogen-bond donors (Lipinski definition) is 1. The number of nitrogens with zero attached hydrogens (tertiary/aromatic N) is 2. The van der Waals surface area contributed by atoms with Crippen molar-refractivity contribution in [3.8, 4) is 0 Å². The van der Waals surface area contributed by atoms with Crippen molar-refractivity contribution < 1.29 is 9.59 Å². The molecule has 0 radical (unpaired) electrons. The van der Waals surface area contributed by atoms with E-state index in [1.165, 1.54) is 4.90 Å². The molecule has 2 atom stereocenters. The van der Waals surface area contributed by atoms with Gasteiger partial charge in [-0.05, 0) is 31.3 Å². The highest BCUT2D eigenvalue weighted by molar-refractivity contribution is 5.97. The van der Waals surface area contributed by atoms with Crippen LogP contribution >= 0.6 is 0 Å². The molecule has 0 spiro atoms. The first kappa shape index (κ1) is 11.2. The average Bonchev–Trinajstić information content (AvgIpc) is 2.92. The molecule has 0 aromatic rings. The molecule has 94 valence electrons. The second-order valence-electron chi connectivity index (χ2n) is 5.42. The minimum Gasteiger partial charge on any atom is -0.316 e. The smallest absolute Gasteiger partial charge is 0.243 e. The van der Waals surface area contributed by atoms with Crippen molar-refractivity contribution >= 4 is 11.8 Å². The van der Waals surface area contributed by atoms with Crippen molar-refractivity contribution in [2.24, 2.45) is 11.8 Å². The number of likely N-dealkylation sites (tertiary alicyclic amines) is 2. The normalized spacial score (nSPS) is 33.4. The third kappa shape index (κ3) is 2.09. The zero-order valence-corrected chi connectivity index (χ0v) is 10.0. The third-order valence-corrected chi connectivity index (χ3v) is 4.20. The van der Waals surface area contributed by atoms with E-state index in [-0.39, 0.29) is 11.8 Å². The van der Waals surface area contributed by atoms with E-state index in [2.05, 4.69) is 10.2 Å². The molecule has 2 unspecified atom stereocenters. The van der Waals surface area contributed by atoms with E-state index < -0.39 is 0 Å². The van der Waals surface area contributed by atoms with Crippen LogP contribution in [0.3, 0.4) is 0 Å². The van der Waals surface area contributed by atoms with Gasteiger partial charge in [-0.1, -0.05) is 0 Å². The van der Waals surface area contributed by atoms with E-state index in [0.717, 1.165) is 32.6 Å². The maximum absolute atomic E-state index is 12.0. The van der Waals surface area contributed by atoms with Crippen molar-refractivity contribution in [1.29, 1.82) is 0 Å². The van der Waals surface area contributed by atoms with E-state index >= 15 is 0 Å². The first-order valence-electron chi connectivity index (χ1n) is 6.50. The van der Waals surface area contributed by atoms with Gasteiger partial charge in [-0.25, -0.2) is 0 Å². The summed E-state index contributed by atoms with van der Waals surface area (Å²) < 4.78 is 0. The van der Waals surface area contributed by atoms with Crippen LogP contribution in [0.1, 0.15) is 12.8 Å². The quantitative estimate of drug-likeness (QED) is 0.689. The number of carbonyl (C=O) groups excluding carboxylic acids is 2. The molecule has 0 saturated carbocycles. The summed E-state index contributed by atoms with van der Waals surface area (Å²) in [6.45, 7) is 5.23. The minimum atomic E-state index is 0.000401. The summed E-state index contributed by atoms with van der Waals surface area (Å²) in [4.78, 5) is 27.1. The van der Waals surface area contributed by atoms with Crippen LogP contribution < -0.4 is 5.32 Å². The molecule has 0 aromatic heterocycles. The number of carbonyl (C=O) groups is 2. The molecule has 17 heavy (non-hydrogen) atoms. The average molecular weight is 237 g/mol. The molecule has 3 heterocycles. The minimum absolute atomic E-state index is 0.000401. The van der Waals surface area contributed by atoms with Crippen molar-refractivity contribution in [2.45, 2.75) is 12.8 Å². The molecule has 2 amide bonds. The maximum Gasteiger partial charge on any atom is 0.243 e. The van der Waals surface area contributed by atoms with Crippen LogP contribution in [0.4, 0.5) is 0 Å². The number of fused-ring (bicyclic) bond motifs is 1. The van der Waals surface area contributed by atoms with Gasteiger partial charge in [0.05, 0.1) is 6.54 Å². The summed E-state index contributed by atoms with van der Waals surface area (Å²) in [5, 5.41) is 3.38. The fourth-order valence-corrected chi connectivity index (χ4v) is 3.27. The number of rotatable bonds is 2. The van der Waals surface area contributed by atoms with Crippen molar-refractivity contribution in [2.75, 3.05) is 39.3 Å². The van der Waals surface area contributed by atoms with Crippen LogP contribution in [-0.2, 0) is 9.59 Å². The standard InChI is InChI=1S/C12H19N3O2/c16-11-2-1-3-15(11)12(17)8-14-6-9-4-13-5-10(9)7-14/h9-10,13H,1-8H2. The SMILES string of the molecule is O=C1CCCN1C(=O)CN1CC2CNCC2C1. The van der Waals surface area contributed by atoms with Crippen LogP contribution in [-0.4, -0.2) is 60.9 Å². The summed E-state index contributed by atoms with van der Waals surface area (Å²) in [7, 11) is 0. The van der Waals surface area contributed by atoms with Crippen LogP contribution in [0.15, 0.2) is 0 Å². The van der Waals surface area contributed by atoms with Gasteiger partial charge in [-0.15, -0.1) is 0 Å². The van der Waals surface area contributed by atoms with Gasteiger partial charge in [0.25, 0.3) is 0 Å². The second-order valence-corrected chi connectivity index (χ2v) is 5.42. The Morgan fingerprint density at radius 1 is 1.29 bits per heavy atom.